The number of likely N-dealkylation sites (N-methyl/N-ethyl adjacent to an activating group) is 1. The van der Waals surface area contributed by atoms with E-state index in [1.807, 2.05) is 0 Å². The van der Waals surface area contributed by atoms with E-state index < -0.39 is 0 Å². The highest BCUT2D eigenvalue weighted by Gasteiger charge is 2.39. The third kappa shape index (κ3) is 1.53. The van der Waals surface area contributed by atoms with Crippen molar-refractivity contribution in [1.29, 1.82) is 0 Å². The van der Waals surface area contributed by atoms with Gasteiger partial charge in [-0.2, -0.15) is 0 Å². The predicted molar refractivity (Wildman–Crippen MR) is 42.1 cm³/mol. The van der Waals surface area contributed by atoms with Crippen molar-refractivity contribution in [3.63, 3.8) is 0 Å². The highest BCUT2D eigenvalue weighted by atomic mass is 16.5. The summed E-state index contributed by atoms with van der Waals surface area (Å²) in [4.78, 5) is 11.1. The number of nitrogens with one attached hydrogen (secondary N) is 1. The maximum absolute atomic E-state index is 11.1. The first-order chi connectivity index (χ1) is 5.16. The van der Waals surface area contributed by atoms with E-state index in [0.29, 0.717) is 11.8 Å². The van der Waals surface area contributed by atoms with Crippen molar-refractivity contribution < 1.29 is 9.53 Å². The van der Waals surface area contributed by atoms with Gasteiger partial charge in [-0.3, -0.25) is 4.79 Å². The summed E-state index contributed by atoms with van der Waals surface area (Å²) in [5, 5.41) is 2.59. The van der Waals surface area contributed by atoms with Gasteiger partial charge in [-0.25, -0.2) is 0 Å². The number of carbonyl (C=O) groups excluding carboxylic acids is 1. The molecule has 1 fully saturated rings. The Labute approximate surface area is 67.1 Å². The van der Waals surface area contributed by atoms with Crippen LogP contribution in [0.1, 0.15) is 13.8 Å². The molecule has 0 spiro atoms. The van der Waals surface area contributed by atoms with Crippen LogP contribution < -0.4 is 5.32 Å². The molecule has 0 bridgehead atoms. The maximum Gasteiger partial charge on any atom is 0.249 e. The summed E-state index contributed by atoms with van der Waals surface area (Å²) in [6, 6.07) is 0. The Balaban J connectivity index is 2.43. The van der Waals surface area contributed by atoms with E-state index in [2.05, 4.69) is 19.2 Å². The molecular formula is C8H15NO2. The van der Waals surface area contributed by atoms with Crippen molar-refractivity contribution in [2.75, 3.05) is 13.7 Å². The molecule has 1 aliphatic heterocycles. The van der Waals surface area contributed by atoms with Crippen LogP contribution in [0.25, 0.3) is 0 Å². The molecule has 3 heteroatoms. The van der Waals surface area contributed by atoms with Gasteiger partial charge in [0.15, 0.2) is 0 Å². The summed E-state index contributed by atoms with van der Waals surface area (Å²) in [6.07, 6.45) is -0.194. The number of hydrogen-bond donors (Lipinski definition) is 1. The standard InChI is InChI=1S/C8H15NO2/c1-5(2)6-4-11-7(6)8(10)9-3/h5-7H,4H2,1-3H3,(H,9,10)/t6-,7-/m0/s1. The molecule has 1 N–H and O–H groups in total. The molecule has 2 atom stereocenters. The monoisotopic (exact) mass is 157 g/mol. The van der Waals surface area contributed by atoms with Gasteiger partial charge in [0, 0.05) is 13.0 Å². The molecule has 1 heterocycles. The van der Waals surface area contributed by atoms with E-state index in [-0.39, 0.29) is 12.0 Å². The highest BCUT2D eigenvalue weighted by molar-refractivity contribution is 5.81. The lowest BCUT2D eigenvalue weighted by Gasteiger charge is -2.37. The molecule has 0 aromatic carbocycles. The Morgan fingerprint density at radius 2 is 2.27 bits per heavy atom. The molecule has 3 nitrogen and oxygen atoms in total. The molecule has 0 aromatic rings. The van der Waals surface area contributed by atoms with Crippen LogP contribution >= 0.6 is 0 Å². The number of hydrogen-bond acceptors (Lipinski definition) is 2. The van der Waals surface area contributed by atoms with Crippen LogP contribution in [0.4, 0.5) is 0 Å². The Morgan fingerprint density at radius 3 is 2.55 bits per heavy atom. The number of ether oxygens (including phenoxy) is 1. The average Bonchev–Trinajstić information content (AvgIpc) is 1.83. The topological polar surface area (TPSA) is 38.3 Å². The second-order valence-electron chi connectivity index (χ2n) is 3.28. The van der Waals surface area contributed by atoms with Crippen LogP contribution in [-0.4, -0.2) is 25.7 Å². The first-order valence-electron chi connectivity index (χ1n) is 4.00. The van der Waals surface area contributed by atoms with Crippen LogP contribution in [-0.2, 0) is 9.53 Å². The lowest BCUT2D eigenvalue weighted by atomic mass is 9.86. The van der Waals surface area contributed by atoms with Gasteiger partial charge in [-0.15, -0.1) is 0 Å². The van der Waals surface area contributed by atoms with E-state index in [1.54, 1.807) is 7.05 Å². The third-order valence-corrected chi connectivity index (χ3v) is 2.22. The molecule has 0 aromatic heterocycles. The fraction of sp³-hybridized carbons (Fsp3) is 0.875. The van der Waals surface area contributed by atoms with E-state index in [0.717, 1.165) is 6.61 Å². The van der Waals surface area contributed by atoms with Gasteiger partial charge in [-0.1, -0.05) is 13.8 Å². The van der Waals surface area contributed by atoms with E-state index in [9.17, 15) is 4.79 Å². The largest absolute Gasteiger partial charge is 0.368 e. The van der Waals surface area contributed by atoms with Gasteiger partial charge in [0.2, 0.25) is 5.91 Å². The Hall–Kier alpha value is -0.570. The van der Waals surface area contributed by atoms with Crippen molar-refractivity contribution >= 4 is 5.91 Å². The van der Waals surface area contributed by atoms with Crippen molar-refractivity contribution in [2.24, 2.45) is 11.8 Å². The van der Waals surface area contributed by atoms with Gasteiger partial charge in [0.25, 0.3) is 0 Å². The zero-order chi connectivity index (χ0) is 8.43. The lowest BCUT2D eigenvalue weighted by molar-refractivity contribution is -0.166. The van der Waals surface area contributed by atoms with Crippen molar-refractivity contribution in [2.45, 2.75) is 20.0 Å². The molecule has 0 radical (unpaired) electrons. The van der Waals surface area contributed by atoms with Crippen molar-refractivity contribution in [3.05, 3.63) is 0 Å². The molecule has 1 saturated heterocycles. The normalized spacial score (nSPS) is 29.8. The van der Waals surface area contributed by atoms with Crippen LogP contribution in [0.2, 0.25) is 0 Å². The molecule has 0 saturated carbocycles. The van der Waals surface area contributed by atoms with Gasteiger partial charge < -0.3 is 10.1 Å². The van der Waals surface area contributed by atoms with E-state index in [1.165, 1.54) is 0 Å². The summed E-state index contributed by atoms with van der Waals surface area (Å²) < 4.78 is 5.15. The smallest absolute Gasteiger partial charge is 0.249 e. The molecule has 0 aliphatic carbocycles. The lowest BCUT2D eigenvalue weighted by Crippen LogP contribution is -2.51. The summed E-state index contributed by atoms with van der Waals surface area (Å²) in [5.74, 6) is 0.955. The van der Waals surface area contributed by atoms with E-state index in [4.69, 9.17) is 4.74 Å². The minimum absolute atomic E-state index is 0.00921. The zero-order valence-corrected chi connectivity index (χ0v) is 7.26. The number of rotatable bonds is 2. The minimum Gasteiger partial charge on any atom is -0.368 e. The predicted octanol–water partition coefficient (Wildman–Crippen LogP) is 0.403. The first-order valence-corrected chi connectivity index (χ1v) is 4.00. The fourth-order valence-corrected chi connectivity index (χ4v) is 1.26. The summed E-state index contributed by atoms with van der Waals surface area (Å²) in [6.45, 7) is 4.96. The quantitative estimate of drug-likeness (QED) is 0.630. The maximum atomic E-state index is 11.1. The van der Waals surface area contributed by atoms with Crippen LogP contribution in [0.3, 0.4) is 0 Å². The van der Waals surface area contributed by atoms with Crippen LogP contribution in [0.5, 0.6) is 0 Å². The highest BCUT2D eigenvalue weighted by Crippen LogP contribution is 2.27. The van der Waals surface area contributed by atoms with Gasteiger partial charge in [0.1, 0.15) is 6.10 Å². The average molecular weight is 157 g/mol. The number of amides is 1. The molecule has 1 aliphatic rings. The second kappa shape index (κ2) is 3.22. The molecular weight excluding hydrogens is 142 g/mol. The van der Waals surface area contributed by atoms with Crippen molar-refractivity contribution in [1.82, 2.24) is 5.32 Å². The fourth-order valence-electron chi connectivity index (χ4n) is 1.26. The van der Waals surface area contributed by atoms with Crippen molar-refractivity contribution in [3.8, 4) is 0 Å². The first kappa shape index (κ1) is 8.53. The summed E-state index contributed by atoms with van der Waals surface area (Å²) >= 11 is 0. The molecule has 64 valence electrons. The summed E-state index contributed by atoms with van der Waals surface area (Å²) in [7, 11) is 1.64. The molecule has 11 heavy (non-hydrogen) atoms. The van der Waals surface area contributed by atoms with Gasteiger partial charge in [-0.05, 0) is 5.92 Å². The number of carbonyl (C=O) groups is 1. The van der Waals surface area contributed by atoms with Gasteiger partial charge in [0.05, 0.1) is 6.61 Å². The third-order valence-electron chi connectivity index (χ3n) is 2.22. The summed E-state index contributed by atoms with van der Waals surface area (Å²) in [5.41, 5.74) is 0. The zero-order valence-electron chi connectivity index (χ0n) is 7.26. The van der Waals surface area contributed by atoms with E-state index >= 15 is 0 Å². The molecule has 1 amide bonds. The molecule has 0 unspecified atom stereocenters. The van der Waals surface area contributed by atoms with Crippen LogP contribution in [0, 0.1) is 11.8 Å². The second-order valence-corrected chi connectivity index (χ2v) is 3.28. The SMILES string of the molecule is CNC(=O)[C@H]1OC[C@H]1C(C)C. The minimum atomic E-state index is -0.194. The Bertz CT molecular complexity index is 156. The molecule has 1 rings (SSSR count). The van der Waals surface area contributed by atoms with Gasteiger partial charge >= 0.3 is 0 Å². The Kier molecular flexibility index (Phi) is 2.49. The van der Waals surface area contributed by atoms with Crippen LogP contribution in [0.15, 0.2) is 0 Å². The Morgan fingerprint density at radius 1 is 1.64 bits per heavy atom.